The van der Waals surface area contributed by atoms with Crippen molar-refractivity contribution < 1.29 is 22.7 Å². The topological polar surface area (TPSA) is 57.4 Å². The van der Waals surface area contributed by atoms with Gasteiger partial charge in [-0.05, 0) is 74.0 Å². The zero-order valence-corrected chi connectivity index (χ0v) is 18.5. The van der Waals surface area contributed by atoms with Gasteiger partial charge in [-0.1, -0.05) is 19.1 Å². The molecule has 2 N–H and O–H groups in total. The minimum atomic E-state index is -4.87. The van der Waals surface area contributed by atoms with Gasteiger partial charge in [0.2, 0.25) is 0 Å². The number of nitrogens with zero attached hydrogens (tertiary/aromatic N) is 1. The molecule has 0 aliphatic heterocycles. The van der Waals surface area contributed by atoms with Crippen LogP contribution in [0.1, 0.15) is 42.1 Å². The molecule has 1 aliphatic carbocycles. The van der Waals surface area contributed by atoms with Crippen LogP contribution in [0.5, 0.6) is 5.75 Å². The van der Waals surface area contributed by atoms with Crippen molar-refractivity contribution in [2.45, 2.75) is 39.0 Å². The lowest BCUT2D eigenvalue weighted by molar-refractivity contribution is -0.274. The van der Waals surface area contributed by atoms with E-state index >= 15 is 0 Å². The largest absolute Gasteiger partial charge is 0.573 e. The Bertz CT molecular complexity index is 1110. The Hall–Kier alpha value is -3.00. The number of carbonyl (C=O) groups excluding carboxylic acids is 1. The molecule has 1 aliphatic rings. The average molecular weight is 460 g/mol. The van der Waals surface area contributed by atoms with Crippen molar-refractivity contribution in [1.82, 2.24) is 9.88 Å². The van der Waals surface area contributed by atoms with Crippen molar-refractivity contribution in [3.05, 3.63) is 59.8 Å². The van der Waals surface area contributed by atoms with Gasteiger partial charge in [0, 0.05) is 35.9 Å². The van der Waals surface area contributed by atoms with Gasteiger partial charge in [-0.15, -0.1) is 13.2 Å². The molecule has 0 radical (unpaired) electrons. The van der Waals surface area contributed by atoms with Crippen molar-refractivity contribution in [2.24, 2.45) is 5.92 Å². The molecule has 3 aromatic rings. The second-order valence-corrected chi connectivity index (χ2v) is 8.57. The van der Waals surface area contributed by atoms with Crippen LogP contribution in [-0.4, -0.2) is 41.8 Å². The summed E-state index contributed by atoms with van der Waals surface area (Å²) in [5, 5.41) is 3.70. The fourth-order valence-electron chi connectivity index (χ4n) is 4.08. The number of nitrogens with one attached hydrogen (secondary N) is 2. The quantitative estimate of drug-likeness (QED) is 0.392. The van der Waals surface area contributed by atoms with Crippen molar-refractivity contribution in [1.29, 1.82) is 0 Å². The Labute approximate surface area is 190 Å². The summed E-state index contributed by atoms with van der Waals surface area (Å²) < 4.78 is 42.1. The molecule has 0 atom stereocenters. The summed E-state index contributed by atoms with van der Waals surface area (Å²) in [6.07, 6.45) is 1.77. The number of alkyl halides is 3. The maximum atomic E-state index is 12.7. The van der Waals surface area contributed by atoms with Gasteiger partial charge in [0.05, 0.1) is 5.56 Å². The number of aromatic nitrogens is 1. The monoisotopic (exact) mass is 459 g/mol. The number of amides is 1. The first kappa shape index (κ1) is 23.2. The zero-order valence-electron chi connectivity index (χ0n) is 18.5. The highest BCUT2D eigenvalue weighted by molar-refractivity contribution is 6.07. The molecule has 5 nitrogen and oxygen atoms in total. The van der Waals surface area contributed by atoms with Crippen molar-refractivity contribution in [3.8, 4) is 5.75 Å². The summed E-state index contributed by atoms with van der Waals surface area (Å²) in [5.74, 6) is -0.354. The zero-order chi connectivity index (χ0) is 23.4. The van der Waals surface area contributed by atoms with Crippen molar-refractivity contribution in [2.75, 3.05) is 25.0 Å². The number of benzene rings is 2. The molecule has 0 spiro atoms. The molecular weight excluding hydrogens is 431 g/mol. The number of rotatable bonds is 10. The van der Waals surface area contributed by atoms with E-state index in [1.54, 1.807) is 6.07 Å². The van der Waals surface area contributed by atoms with Crippen LogP contribution in [0.15, 0.2) is 48.7 Å². The SMILES string of the molecule is CCCN(CCc1c[nH]c2ccc(NC(=O)c3ccccc3OC(F)(F)F)cc12)CC1CC1. The van der Waals surface area contributed by atoms with Gasteiger partial charge in [0.15, 0.2) is 0 Å². The predicted octanol–water partition coefficient (Wildman–Crippen LogP) is 5.98. The second kappa shape index (κ2) is 9.87. The molecule has 1 fully saturated rings. The van der Waals surface area contributed by atoms with Gasteiger partial charge >= 0.3 is 6.36 Å². The number of hydrogen-bond donors (Lipinski definition) is 2. The summed E-state index contributed by atoms with van der Waals surface area (Å²) in [7, 11) is 0. The summed E-state index contributed by atoms with van der Waals surface area (Å²) in [4.78, 5) is 18.5. The van der Waals surface area contributed by atoms with Crippen LogP contribution in [0.4, 0.5) is 18.9 Å². The van der Waals surface area contributed by atoms with Crippen molar-refractivity contribution in [3.63, 3.8) is 0 Å². The number of aromatic amines is 1. The summed E-state index contributed by atoms with van der Waals surface area (Å²) in [6.45, 7) is 5.39. The van der Waals surface area contributed by atoms with Crippen LogP contribution in [0, 0.1) is 5.92 Å². The van der Waals surface area contributed by atoms with Crippen LogP contribution in [0.2, 0.25) is 0 Å². The smallest absolute Gasteiger partial charge is 0.405 e. The molecule has 33 heavy (non-hydrogen) atoms. The van der Waals surface area contributed by atoms with Gasteiger partial charge in [0.25, 0.3) is 5.91 Å². The van der Waals surface area contributed by atoms with E-state index in [2.05, 4.69) is 26.9 Å². The van der Waals surface area contributed by atoms with Crippen LogP contribution < -0.4 is 10.1 Å². The third kappa shape index (κ3) is 6.28. The Morgan fingerprint density at radius 1 is 1.18 bits per heavy atom. The molecule has 0 unspecified atom stereocenters. The van der Waals surface area contributed by atoms with Gasteiger partial charge in [-0.2, -0.15) is 0 Å². The highest BCUT2D eigenvalue weighted by Gasteiger charge is 2.33. The number of ether oxygens (including phenoxy) is 1. The predicted molar refractivity (Wildman–Crippen MR) is 123 cm³/mol. The fourth-order valence-corrected chi connectivity index (χ4v) is 4.08. The van der Waals surface area contributed by atoms with Gasteiger partial charge in [-0.25, -0.2) is 0 Å². The maximum Gasteiger partial charge on any atom is 0.573 e. The summed E-state index contributed by atoms with van der Waals surface area (Å²) in [5.41, 5.74) is 2.44. The standard InChI is InChI=1S/C25H28F3N3O2/c1-2-12-31(16-17-7-8-17)13-11-18-15-29-22-10-9-19(14-21(18)22)30-24(32)20-5-3-4-6-23(20)33-25(26,27)28/h3-6,9-10,14-15,17,29H,2,7-8,11-13,16H2,1H3,(H,30,32). The minimum Gasteiger partial charge on any atom is -0.405 e. The molecule has 4 rings (SSSR count). The number of para-hydroxylation sites is 1. The second-order valence-electron chi connectivity index (χ2n) is 8.57. The number of halogens is 3. The lowest BCUT2D eigenvalue weighted by Gasteiger charge is -2.21. The van der Waals surface area contributed by atoms with Crippen LogP contribution >= 0.6 is 0 Å². The molecule has 1 aromatic heterocycles. The maximum absolute atomic E-state index is 12.7. The molecule has 0 bridgehead atoms. The van der Waals surface area contributed by atoms with E-state index < -0.39 is 18.0 Å². The molecule has 0 saturated heterocycles. The lowest BCUT2D eigenvalue weighted by atomic mass is 10.1. The summed E-state index contributed by atoms with van der Waals surface area (Å²) >= 11 is 0. The Morgan fingerprint density at radius 2 is 1.97 bits per heavy atom. The molecule has 1 heterocycles. The molecule has 176 valence electrons. The first-order chi connectivity index (χ1) is 15.8. The number of anilines is 1. The van der Waals surface area contributed by atoms with Gasteiger partial charge < -0.3 is 19.9 Å². The number of carbonyl (C=O) groups is 1. The number of hydrogen-bond acceptors (Lipinski definition) is 3. The van der Waals surface area contributed by atoms with Crippen LogP contribution in [-0.2, 0) is 6.42 Å². The lowest BCUT2D eigenvalue weighted by Crippen LogP contribution is -2.29. The van der Waals surface area contributed by atoms with E-state index in [0.29, 0.717) is 5.69 Å². The number of H-pyrrole nitrogens is 1. The van der Waals surface area contributed by atoms with Crippen molar-refractivity contribution >= 4 is 22.5 Å². The number of fused-ring (bicyclic) bond motifs is 1. The third-order valence-electron chi connectivity index (χ3n) is 5.83. The highest BCUT2D eigenvalue weighted by atomic mass is 19.4. The van der Waals surface area contributed by atoms with Crippen LogP contribution in [0.3, 0.4) is 0 Å². The van der Waals surface area contributed by atoms with E-state index in [9.17, 15) is 18.0 Å². The van der Waals surface area contributed by atoms with E-state index in [0.717, 1.165) is 60.9 Å². The highest BCUT2D eigenvalue weighted by Crippen LogP contribution is 2.30. The summed E-state index contributed by atoms with van der Waals surface area (Å²) in [6, 6.07) is 10.8. The molecule has 2 aromatic carbocycles. The first-order valence-corrected chi connectivity index (χ1v) is 11.3. The Morgan fingerprint density at radius 3 is 2.70 bits per heavy atom. The molecular formula is C25H28F3N3O2. The normalized spacial score (nSPS) is 14.1. The average Bonchev–Trinajstić information content (AvgIpc) is 3.49. The first-order valence-electron chi connectivity index (χ1n) is 11.3. The Balaban J connectivity index is 1.47. The third-order valence-corrected chi connectivity index (χ3v) is 5.83. The molecule has 1 saturated carbocycles. The minimum absolute atomic E-state index is 0.181. The van der Waals surface area contributed by atoms with Gasteiger partial charge in [-0.3, -0.25) is 4.79 Å². The van der Waals surface area contributed by atoms with E-state index in [4.69, 9.17) is 0 Å². The van der Waals surface area contributed by atoms with E-state index in [-0.39, 0.29) is 5.56 Å². The van der Waals surface area contributed by atoms with E-state index in [1.165, 1.54) is 31.0 Å². The Kier molecular flexibility index (Phi) is 6.93. The molecule has 1 amide bonds. The molecule has 8 heteroatoms. The van der Waals surface area contributed by atoms with Gasteiger partial charge in [0.1, 0.15) is 5.75 Å². The van der Waals surface area contributed by atoms with E-state index in [1.807, 2.05) is 18.3 Å². The fraction of sp³-hybridized carbons (Fsp3) is 0.400. The van der Waals surface area contributed by atoms with Crippen LogP contribution in [0.25, 0.3) is 10.9 Å².